The molecule has 2 heterocycles. The summed E-state index contributed by atoms with van der Waals surface area (Å²) in [6.45, 7) is 3.53. The molecule has 1 spiro atoms. The highest BCUT2D eigenvalue weighted by molar-refractivity contribution is 7.89. The monoisotopic (exact) mass is 339 g/mol. The van der Waals surface area contributed by atoms with Crippen molar-refractivity contribution in [2.45, 2.75) is 36.9 Å². The number of hydrogen-bond acceptors (Lipinski definition) is 5. The fourth-order valence-corrected chi connectivity index (χ4v) is 4.43. The molecular weight excluding hydrogens is 318 g/mol. The van der Waals surface area contributed by atoms with Crippen molar-refractivity contribution in [3.05, 3.63) is 29.8 Å². The number of piperidine rings is 1. The molecule has 0 aromatic heterocycles. The molecule has 6 nitrogen and oxygen atoms in total. The first-order valence-electron chi connectivity index (χ1n) is 7.82. The van der Waals surface area contributed by atoms with Crippen LogP contribution in [0.25, 0.3) is 0 Å². The molecule has 2 fully saturated rings. The molecule has 0 bridgehead atoms. The normalized spacial score (nSPS) is 22.1. The molecule has 0 amide bonds. The minimum absolute atomic E-state index is 0.0829. The number of ether oxygens (including phenoxy) is 2. The Morgan fingerprint density at radius 2 is 1.65 bits per heavy atom. The SMILES string of the molecule is CC(=O)c1ccc(S(=O)(=O)N2CCC3(CC2)OCCCO3)cc1. The lowest BCUT2D eigenvalue weighted by molar-refractivity contribution is -0.280. The summed E-state index contributed by atoms with van der Waals surface area (Å²) < 4.78 is 38.3. The van der Waals surface area contributed by atoms with Crippen molar-refractivity contribution in [2.75, 3.05) is 26.3 Å². The summed E-state index contributed by atoms with van der Waals surface area (Å²) in [6.07, 6.45) is 1.96. The summed E-state index contributed by atoms with van der Waals surface area (Å²) in [7, 11) is -3.55. The number of Topliss-reactive ketones (excluding diaryl/α,β-unsaturated/α-hetero) is 1. The molecule has 0 aliphatic carbocycles. The maximum absolute atomic E-state index is 12.7. The molecule has 23 heavy (non-hydrogen) atoms. The van der Waals surface area contributed by atoms with Gasteiger partial charge in [0.05, 0.1) is 18.1 Å². The zero-order valence-corrected chi connectivity index (χ0v) is 14.0. The van der Waals surface area contributed by atoms with Crippen LogP contribution in [0.15, 0.2) is 29.2 Å². The van der Waals surface area contributed by atoms with Gasteiger partial charge in [0.1, 0.15) is 0 Å². The molecule has 0 radical (unpaired) electrons. The van der Waals surface area contributed by atoms with Gasteiger partial charge in [-0.05, 0) is 25.5 Å². The van der Waals surface area contributed by atoms with Gasteiger partial charge in [0.2, 0.25) is 10.0 Å². The number of benzene rings is 1. The highest BCUT2D eigenvalue weighted by Gasteiger charge is 2.41. The topological polar surface area (TPSA) is 72.9 Å². The van der Waals surface area contributed by atoms with E-state index in [9.17, 15) is 13.2 Å². The molecule has 126 valence electrons. The van der Waals surface area contributed by atoms with Crippen LogP contribution < -0.4 is 0 Å². The van der Waals surface area contributed by atoms with Crippen molar-refractivity contribution in [2.24, 2.45) is 0 Å². The maximum atomic E-state index is 12.7. The molecule has 1 aromatic carbocycles. The third-order valence-corrected chi connectivity index (χ3v) is 6.31. The number of carbonyl (C=O) groups is 1. The Morgan fingerprint density at radius 3 is 2.17 bits per heavy atom. The first kappa shape index (κ1) is 16.6. The van der Waals surface area contributed by atoms with Gasteiger partial charge in [0.15, 0.2) is 11.6 Å². The van der Waals surface area contributed by atoms with Gasteiger partial charge in [-0.3, -0.25) is 4.79 Å². The third kappa shape index (κ3) is 3.33. The summed E-state index contributed by atoms with van der Waals surface area (Å²) in [4.78, 5) is 11.5. The van der Waals surface area contributed by atoms with Crippen molar-refractivity contribution >= 4 is 15.8 Å². The van der Waals surface area contributed by atoms with Gasteiger partial charge in [-0.15, -0.1) is 0 Å². The van der Waals surface area contributed by atoms with Crippen LogP contribution in [0.4, 0.5) is 0 Å². The Morgan fingerprint density at radius 1 is 1.09 bits per heavy atom. The Labute approximate surface area is 136 Å². The quantitative estimate of drug-likeness (QED) is 0.785. The number of nitrogens with zero attached hydrogens (tertiary/aromatic N) is 1. The molecule has 1 aromatic rings. The first-order chi connectivity index (χ1) is 10.9. The zero-order chi connectivity index (χ0) is 16.5. The Balaban J connectivity index is 1.72. The Kier molecular flexibility index (Phi) is 4.55. The van der Waals surface area contributed by atoms with E-state index in [-0.39, 0.29) is 10.7 Å². The van der Waals surface area contributed by atoms with Gasteiger partial charge >= 0.3 is 0 Å². The summed E-state index contributed by atoms with van der Waals surface area (Å²) in [5.41, 5.74) is 0.505. The molecule has 2 aliphatic rings. The van der Waals surface area contributed by atoms with Crippen LogP contribution in [0.5, 0.6) is 0 Å². The van der Waals surface area contributed by atoms with Gasteiger partial charge in [0.25, 0.3) is 0 Å². The van der Waals surface area contributed by atoms with Crippen LogP contribution in [-0.4, -0.2) is 50.6 Å². The van der Waals surface area contributed by atoms with E-state index in [2.05, 4.69) is 0 Å². The van der Waals surface area contributed by atoms with Crippen LogP contribution in [0.3, 0.4) is 0 Å². The van der Waals surface area contributed by atoms with Crippen LogP contribution in [0.2, 0.25) is 0 Å². The highest BCUT2D eigenvalue weighted by Crippen LogP contribution is 2.32. The number of hydrogen-bond donors (Lipinski definition) is 0. The molecule has 0 atom stereocenters. The number of carbonyl (C=O) groups excluding carboxylic acids is 1. The van der Waals surface area contributed by atoms with Crippen LogP contribution in [-0.2, 0) is 19.5 Å². The van der Waals surface area contributed by atoms with Crippen LogP contribution in [0, 0.1) is 0 Å². The molecule has 0 N–H and O–H groups in total. The van der Waals surface area contributed by atoms with Crippen LogP contribution in [0.1, 0.15) is 36.5 Å². The van der Waals surface area contributed by atoms with Gasteiger partial charge < -0.3 is 9.47 Å². The average molecular weight is 339 g/mol. The number of ketones is 1. The molecule has 2 saturated heterocycles. The number of sulfonamides is 1. The van der Waals surface area contributed by atoms with Crippen LogP contribution >= 0.6 is 0 Å². The predicted octanol–water partition coefficient (Wildman–Crippen LogP) is 1.81. The van der Waals surface area contributed by atoms with Gasteiger partial charge in [-0.25, -0.2) is 8.42 Å². The fraction of sp³-hybridized carbons (Fsp3) is 0.562. The smallest absolute Gasteiger partial charge is 0.243 e. The van der Waals surface area contributed by atoms with E-state index in [1.54, 1.807) is 12.1 Å². The summed E-state index contributed by atoms with van der Waals surface area (Å²) in [5.74, 6) is -0.691. The molecule has 3 rings (SSSR count). The molecule has 2 aliphatic heterocycles. The minimum atomic E-state index is -3.55. The molecular formula is C16H21NO5S. The second-order valence-electron chi connectivity index (χ2n) is 5.95. The van der Waals surface area contributed by atoms with E-state index in [1.807, 2.05) is 0 Å². The maximum Gasteiger partial charge on any atom is 0.243 e. The first-order valence-corrected chi connectivity index (χ1v) is 9.26. The second kappa shape index (κ2) is 6.32. The summed E-state index contributed by atoms with van der Waals surface area (Å²) >= 11 is 0. The predicted molar refractivity (Wildman–Crippen MR) is 83.7 cm³/mol. The van der Waals surface area contributed by atoms with Crippen molar-refractivity contribution < 1.29 is 22.7 Å². The van der Waals surface area contributed by atoms with E-state index in [1.165, 1.54) is 23.4 Å². The summed E-state index contributed by atoms with van der Waals surface area (Å²) in [5, 5.41) is 0. The third-order valence-electron chi connectivity index (χ3n) is 4.40. The van der Waals surface area contributed by atoms with E-state index in [4.69, 9.17) is 9.47 Å². The summed E-state index contributed by atoms with van der Waals surface area (Å²) in [6, 6.07) is 6.08. The lowest BCUT2D eigenvalue weighted by Crippen LogP contribution is -2.51. The average Bonchev–Trinajstić information content (AvgIpc) is 2.56. The fourth-order valence-electron chi connectivity index (χ4n) is 2.98. The van der Waals surface area contributed by atoms with Crippen molar-refractivity contribution in [3.8, 4) is 0 Å². The van der Waals surface area contributed by atoms with Crippen molar-refractivity contribution in [3.63, 3.8) is 0 Å². The second-order valence-corrected chi connectivity index (χ2v) is 7.88. The Hall–Kier alpha value is -1.28. The van der Waals surface area contributed by atoms with Crippen molar-refractivity contribution in [1.29, 1.82) is 0 Å². The number of rotatable bonds is 3. The lowest BCUT2D eigenvalue weighted by Gasteiger charge is -2.42. The molecule has 7 heteroatoms. The van der Waals surface area contributed by atoms with Gasteiger partial charge in [0, 0.05) is 31.5 Å². The lowest BCUT2D eigenvalue weighted by atomic mass is 10.0. The minimum Gasteiger partial charge on any atom is -0.350 e. The molecule has 0 unspecified atom stereocenters. The standard InChI is InChI=1S/C16H21NO5S/c1-13(18)14-3-5-15(6-4-14)23(19,20)17-9-7-16(8-10-17)21-11-2-12-22-16/h3-6H,2,7-12H2,1H3. The van der Waals surface area contributed by atoms with E-state index < -0.39 is 15.8 Å². The van der Waals surface area contributed by atoms with Crippen molar-refractivity contribution in [1.82, 2.24) is 4.31 Å². The highest BCUT2D eigenvalue weighted by atomic mass is 32.2. The van der Waals surface area contributed by atoms with Gasteiger partial charge in [-0.2, -0.15) is 4.31 Å². The zero-order valence-electron chi connectivity index (χ0n) is 13.2. The van der Waals surface area contributed by atoms with E-state index >= 15 is 0 Å². The van der Waals surface area contributed by atoms with E-state index in [0.29, 0.717) is 44.7 Å². The van der Waals surface area contributed by atoms with E-state index in [0.717, 1.165) is 6.42 Å². The Bertz CT molecular complexity index is 667. The molecule has 0 saturated carbocycles. The largest absolute Gasteiger partial charge is 0.350 e. The van der Waals surface area contributed by atoms with Gasteiger partial charge in [-0.1, -0.05) is 12.1 Å².